The standard InChI is InChI=1S/C26H33N5O2/c1-19-23(24(33-5)30(4)28-19)17-31-14-12-26(18-31,25(32)29(2)3)15-20-8-10-21(11-9-20)22-7-6-13-27-16-22/h6-11,13,16H,12,14-15,17-18H2,1-5H3/t26-/m1/s1. The molecular formula is C26H33N5O2. The Labute approximate surface area is 196 Å². The summed E-state index contributed by atoms with van der Waals surface area (Å²) in [7, 11) is 7.28. The van der Waals surface area contributed by atoms with E-state index in [4.69, 9.17) is 4.74 Å². The molecule has 0 unspecified atom stereocenters. The van der Waals surface area contributed by atoms with Gasteiger partial charge in [-0.15, -0.1) is 0 Å². The summed E-state index contributed by atoms with van der Waals surface area (Å²) in [5.41, 5.74) is 5.02. The maximum absolute atomic E-state index is 13.4. The van der Waals surface area contributed by atoms with Crippen LogP contribution in [0.5, 0.6) is 5.88 Å². The number of hydrogen-bond acceptors (Lipinski definition) is 5. The number of rotatable bonds is 7. The highest BCUT2D eigenvalue weighted by Gasteiger charge is 2.45. The van der Waals surface area contributed by atoms with Crippen LogP contribution < -0.4 is 4.74 Å². The lowest BCUT2D eigenvalue weighted by Gasteiger charge is -2.31. The van der Waals surface area contributed by atoms with E-state index in [1.54, 1.807) is 22.9 Å². The average Bonchev–Trinajstić information content (AvgIpc) is 3.34. The van der Waals surface area contributed by atoms with Gasteiger partial charge in [-0.1, -0.05) is 30.3 Å². The van der Waals surface area contributed by atoms with Crippen LogP contribution in [0.15, 0.2) is 48.8 Å². The van der Waals surface area contributed by atoms with Crippen LogP contribution in [-0.2, 0) is 24.8 Å². The van der Waals surface area contributed by atoms with Crippen molar-refractivity contribution in [3.8, 4) is 17.0 Å². The van der Waals surface area contributed by atoms with E-state index in [0.29, 0.717) is 6.54 Å². The first-order chi connectivity index (χ1) is 15.8. The maximum atomic E-state index is 13.4. The van der Waals surface area contributed by atoms with Crippen molar-refractivity contribution in [1.29, 1.82) is 0 Å². The van der Waals surface area contributed by atoms with Gasteiger partial charge in [-0.05, 0) is 49.1 Å². The number of amides is 1. The van der Waals surface area contributed by atoms with Gasteiger partial charge in [0.05, 0.1) is 23.8 Å². The predicted octanol–water partition coefficient (Wildman–Crippen LogP) is 3.32. The fraction of sp³-hybridized carbons (Fsp3) is 0.423. The average molecular weight is 448 g/mol. The molecule has 1 saturated heterocycles. The number of carbonyl (C=O) groups excluding carboxylic acids is 1. The number of likely N-dealkylation sites (tertiary alicyclic amines) is 1. The topological polar surface area (TPSA) is 63.5 Å². The van der Waals surface area contributed by atoms with Gasteiger partial charge in [0.2, 0.25) is 11.8 Å². The first kappa shape index (κ1) is 23.0. The lowest BCUT2D eigenvalue weighted by Crippen LogP contribution is -2.43. The van der Waals surface area contributed by atoms with Crippen LogP contribution in [0.2, 0.25) is 0 Å². The van der Waals surface area contributed by atoms with Gasteiger partial charge >= 0.3 is 0 Å². The van der Waals surface area contributed by atoms with Gasteiger partial charge in [0, 0.05) is 46.6 Å². The Hall–Kier alpha value is -3.19. The van der Waals surface area contributed by atoms with Gasteiger partial charge < -0.3 is 9.64 Å². The molecule has 1 aliphatic heterocycles. The summed E-state index contributed by atoms with van der Waals surface area (Å²) >= 11 is 0. The Bertz CT molecular complexity index is 1110. The molecule has 7 heteroatoms. The second-order valence-electron chi connectivity index (χ2n) is 9.25. The molecule has 3 heterocycles. The molecule has 4 rings (SSSR count). The normalized spacial score (nSPS) is 18.5. The van der Waals surface area contributed by atoms with E-state index in [1.807, 2.05) is 40.3 Å². The van der Waals surface area contributed by atoms with Gasteiger partial charge in [-0.25, -0.2) is 4.68 Å². The summed E-state index contributed by atoms with van der Waals surface area (Å²) < 4.78 is 7.36. The van der Waals surface area contributed by atoms with Gasteiger partial charge in [0.15, 0.2) is 0 Å². The van der Waals surface area contributed by atoms with Crippen LogP contribution in [-0.4, -0.2) is 64.8 Å². The summed E-state index contributed by atoms with van der Waals surface area (Å²) in [5, 5.41) is 4.51. The third-order valence-electron chi connectivity index (χ3n) is 6.65. The van der Waals surface area contributed by atoms with Crippen molar-refractivity contribution >= 4 is 5.91 Å². The molecule has 0 spiro atoms. The molecule has 1 atom stereocenters. The zero-order valence-electron chi connectivity index (χ0n) is 20.2. The number of hydrogen-bond donors (Lipinski definition) is 0. The van der Waals surface area contributed by atoms with Crippen molar-refractivity contribution in [3.63, 3.8) is 0 Å². The zero-order valence-corrected chi connectivity index (χ0v) is 20.2. The fourth-order valence-corrected chi connectivity index (χ4v) is 5.04. The van der Waals surface area contributed by atoms with E-state index < -0.39 is 5.41 Å². The van der Waals surface area contributed by atoms with E-state index >= 15 is 0 Å². The van der Waals surface area contributed by atoms with Crippen LogP contribution in [0.25, 0.3) is 11.1 Å². The minimum absolute atomic E-state index is 0.191. The third kappa shape index (κ3) is 4.64. The molecular weight excluding hydrogens is 414 g/mol. The van der Waals surface area contributed by atoms with Crippen molar-refractivity contribution in [2.75, 3.05) is 34.3 Å². The van der Waals surface area contributed by atoms with Crippen LogP contribution in [0.1, 0.15) is 23.2 Å². The molecule has 0 aliphatic carbocycles. The summed E-state index contributed by atoms with van der Waals surface area (Å²) in [6.07, 6.45) is 5.20. The maximum Gasteiger partial charge on any atom is 0.229 e. The van der Waals surface area contributed by atoms with E-state index in [9.17, 15) is 4.79 Å². The summed E-state index contributed by atoms with van der Waals surface area (Å²) in [6.45, 7) is 4.32. The number of pyridine rings is 1. The molecule has 0 radical (unpaired) electrons. The molecule has 1 fully saturated rings. The molecule has 1 aromatic carbocycles. The molecule has 0 saturated carbocycles. The number of benzene rings is 1. The number of ether oxygens (including phenoxy) is 1. The largest absolute Gasteiger partial charge is 0.481 e. The third-order valence-corrected chi connectivity index (χ3v) is 6.65. The van der Waals surface area contributed by atoms with Crippen LogP contribution in [0.3, 0.4) is 0 Å². The Morgan fingerprint density at radius 3 is 2.58 bits per heavy atom. The Morgan fingerprint density at radius 2 is 1.94 bits per heavy atom. The van der Waals surface area contributed by atoms with Crippen molar-refractivity contribution in [1.82, 2.24) is 24.6 Å². The summed E-state index contributed by atoms with van der Waals surface area (Å²) in [5.74, 6) is 0.978. The molecule has 0 N–H and O–H groups in total. The highest BCUT2D eigenvalue weighted by atomic mass is 16.5. The van der Waals surface area contributed by atoms with E-state index in [0.717, 1.165) is 54.2 Å². The van der Waals surface area contributed by atoms with Crippen molar-refractivity contribution in [3.05, 3.63) is 65.6 Å². The molecule has 7 nitrogen and oxygen atoms in total. The van der Waals surface area contributed by atoms with Gasteiger partial charge in [0.25, 0.3) is 0 Å². The second-order valence-corrected chi connectivity index (χ2v) is 9.25. The van der Waals surface area contributed by atoms with Crippen molar-refractivity contribution in [2.45, 2.75) is 26.3 Å². The minimum Gasteiger partial charge on any atom is -0.481 e. The summed E-state index contributed by atoms with van der Waals surface area (Å²) in [6, 6.07) is 12.5. The highest BCUT2D eigenvalue weighted by molar-refractivity contribution is 5.83. The van der Waals surface area contributed by atoms with Crippen LogP contribution >= 0.6 is 0 Å². The number of nitrogens with zero attached hydrogens (tertiary/aromatic N) is 5. The second kappa shape index (κ2) is 9.35. The number of carbonyl (C=O) groups is 1. The Kier molecular flexibility index (Phi) is 6.51. The zero-order chi connectivity index (χ0) is 23.6. The Balaban J connectivity index is 1.55. The van der Waals surface area contributed by atoms with Crippen LogP contribution in [0, 0.1) is 12.3 Å². The molecule has 2 aromatic heterocycles. The van der Waals surface area contributed by atoms with Crippen molar-refractivity contribution in [2.24, 2.45) is 12.5 Å². The van der Waals surface area contributed by atoms with E-state index in [1.165, 1.54) is 5.56 Å². The first-order valence-electron chi connectivity index (χ1n) is 11.3. The minimum atomic E-state index is -0.442. The number of aryl methyl sites for hydroxylation is 2. The van der Waals surface area contributed by atoms with E-state index in [2.05, 4.69) is 45.3 Å². The quantitative estimate of drug-likeness (QED) is 0.556. The molecule has 33 heavy (non-hydrogen) atoms. The molecule has 3 aromatic rings. The highest BCUT2D eigenvalue weighted by Crippen LogP contribution is 2.38. The SMILES string of the molecule is COc1c(CN2CC[C@](Cc3ccc(-c4cccnc4)cc3)(C(=O)N(C)C)C2)c(C)nn1C. The van der Waals surface area contributed by atoms with Crippen molar-refractivity contribution < 1.29 is 9.53 Å². The monoisotopic (exact) mass is 447 g/mol. The lowest BCUT2D eigenvalue weighted by atomic mass is 9.79. The van der Waals surface area contributed by atoms with Gasteiger partial charge in [-0.3, -0.25) is 14.7 Å². The lowest BCUT2D eigenvalue weighted by molar-refractivity contribution is -0.138. The first-order valence-corrected chi connectivity index (χ1v) is 11.3. The van der Waals surface area contributed by atoms with Gasteiger partial charge in [-0.2, -0.15) is 5.10 Å². The van der Waals surface area contributed by atoms with Gasteiger partial charge in [0.1, 0.15) is 0 Å². The molecule has 174 valence electrons. The predicted molar refractivity (Wildman–Crippen MR) is 129 cm³/mol. The van der Waals surface area contributed by atoms with E-state index in [-0.39, 0.29) is 5.91 Å². The van der Waals surface area contributed by atoms with Crippen LogP contribution in [0.4, 0.5) is 0 Å². The molecule has 1 aliphatic rings. The smallest absolute Gasteiger partial charge is 0.229 e. The molecule has 1 amide bonds. The molecule has 0 bridgehead atoms. The number of aromatic nitrogens is 3. The summed E-state index contributed by atoms with van der Waals surface area (Å²) in [4.78, 5) is 21.7. The fourth-order valence-electron chi connectivity index (χ4n) is 5.04. The Morgan fingerprint density at radius 1 is 1.18 bits per heavy atom. The number of methoxy groups -OCH3 is 1.